The van der Waals surface area contributed by atoms with E-state index < -0.39 is 0 Å². The zero-order valence-corrected chi connectivity index (χ0v) is 81.5. The number of anilines is 13. The van der Waals surface area contributed by atoms with Crippen molar-refractivity contribution in [2.75, 3.05) is 83.6 Å². The molecule has 7 amide bonds. The molecular weight excluding hydrogens is 1810 g/mol. The average molecular weight is 1920 g/mol. The highest BCUT2D eigenvalue weighted by Gasteiger charge is 2.26. The van der Waals surface area contributed by atoms with Crippen LogP contribution in [0.1, 0.15) is 149 Å². The minimum absolute atomic E-state index is 0.222. The van der Waals surface area contributed by atoms with Crippen LogP contribution in [0.25, 0.3) is 22.2 Å². The number of nitrogens with two attached hydrogens (primary N) is 2. The third kappa shape index (κ3) is 29.8. The summed E-state index contributed by atoms with van der Waals surface area (Å²) < 4.78 is 0. The maximum atomic E-state index is 13.1. The van der Waals surface area contributed by atoms with Gasteiger partial charge in [-0.15, -0.1) is 0 Å². The van der Waals surface area contributed by atoms with E-state index in [1.807, 2.05) is 260 Å². The van der Waals surface area contributed by atoms with Gasteiger partial charge in [0.1, 0.15) is 23.3 Å². The topological polar surface area (TPSA) is 398 Å². The Morgan fingerprint density at radius 1 is 0.310 bits per heavy atom. The van der Waals surface area contributed by atoms with Gasteiger partial charge in [-0.25, -0.2) is 39.9 Å². The van der Waals surface area contributed by atoms with Crippen molar-refractivity contribution in [2.45, 2.75) is 73.1 Å². The van der Waals surface area contributed by atoms with Gasteiger partial charge in [0.05, 0.1) is 72.3 Å². The second-order valence-corrected chi connectivity index (χ2v) is 34.9. The van der Waals surface area contributed by atoms with Gasteiger partial charge in [0.15, 0.2) is 0 Å². The molecule has 0 radical (unpaired) electrons. The van der Waals surface area contributed by atoms with Crippen molar-refractivity contribution in [3.63, 3.8) is 0 Å². The maximum absolute atomic E-state index is 13.1. The molecule has 726 valence electrons. The molecule has 12 aromatic carbocycles. The Morgan fingerprint density at radius 2 is 0.641 bits per heavy atom. The van der Waals surface area contributed by atoms with Crippen LogP contribution < -0.4 is 69.5 Å². The lowest BCUT2D eigenvalue weighted by Gasteiger charge is -2.16. The number of hydrogen-bond acceptors (Lipinski definition) is 21. The van der Waals surface area contributed by atoms with Gasteiger partial charge in [-0.3, -0.25) is 33.6 Å². The molecule has 0 saturated heterocycles. The molecule has 1 aliphatic carbocycles. The van der Waals surface area contributed by atoms with E-state index in [0.717, 1.165) is 112 Å². The van der Waals surface area contributed by atoms with Crippen LogP contribution in [0.2, 0.25) is 0 Å². The van der Waals surface area contributed by atoms with Crippen LogP contribution in [0.5, 0.6) is 0 Å². The zero-order chi connectivity index (χ0) is 103. The Labute approximate surface area is 842 Å². The highest BCUT2D eigenvalue weighted by Crippen LogP contribution is 2.37. The number of nitrogens with one attached hydrogen (secondary N) is 10. The number of carbonyl (C=O) groups is 7. The van der Waals surface area contributed by atoms with Crippen molar-refractivity contribution >= 4 is 137 Å². The molecule has 0 spiro atoms. The van der Waals surface area contributed by atoms with E-state index in [4.69, 9.17) is 11.5 Å². The zero-order valence-electron chi connectivity index (χ0n) is 81.5. The first-order valence-corrected chi connectivity index (χ1v) is 46.6. The van der Waals surface area contributed by atoms with E-state index in [0.29, 0.717) is 134 Å². The summed E-state index contributed by atoms with van der Waals surface area (Å²) in [6.45, 7) is 28.9. The van der Waals surface area contributed by atoms with Crippen LogP contribution in [0.15, 0.2) is 361 Å². The maximum Gasteiger partial charge on any atom is 0.256 e. The van der Waals surface area contributed by atoms with Crippen LogP contribution in [0.3, 0.4) is 0 Å². The SMILES string of the molecule is C=C(Nc1ccc(C)c(C(=O)Nc2cnc(Cc3cccc(N)c3)nc2)c1)c1cccc(C)c1.C=CC(=O)Nc1cccc(Cc2ncc(NC(=O)c3cc(NC(=C)C4CC4)ccc3C)cn2)c1.C=CC(=O)Nc1cccc(Cc2ncc(NC(=O)c3cc(NC(=C)c4cccc(N(C)C)c4)ccc3C)cn2)c1.Cc1ccc(NC(=O)c2ccc3ccccc3c2)cc1C(=O)Nc1cnc(Cc2cccc(N)c2)nc1. The molecule has 0 bridgehead atoms. The molecular formula is C117H111N21O7. The first-order chi connectivity index (χ1) is 69.9. The van der Waals surface area contributed by atoms with Gasteiger partial charge in [0, 0.05) is 136 Å². The molecule has 0 aliphatic heterocycles. The lowest BCUT2D eigenvalue weighted by atomic mass is 10.1. The number of aromatic nitrogens is 8. The summed E-state index contributed by atoms with van der Waals surface area (Å²) in [5.74, 6) is 1.19. The Kier molecular flexibility index (Phi) is 34.1. The van der Waals surface area contributed by atoms with Gasteiger partial charge in [0.25, 0.3) is 29.5 Å². The first-order valence-electron chi connectivity index (χ1n) is 46.6. The van der Waals surface area contributed by atoms with E-state index in [-0.39, 0.29) is 41.4 Å². The Bertz CT molecular complexity index is 7530. The summed E-state index contributed by atoms with van der Waals surface area (Å²) >= 11 is 0. The predicted molar refractivity (Wildman–Crippen MR) is 583 cm³/mol. The van der Waals surface area contributed by atoms with Crippen molar-refractivity contribution < 1.29 is 33.6 Å². The summed E-state index contributed by atoms with van der Waals surface area (Å²) in [5.41, 5.74) is 36.0. The Morgan fingerprint density at radius 3 is 1.01 bits per heavy atom. The number of aryl methyl sites for hydroxylation is 5. The fourth-order valence-electron chi connectivity index (χ4n) is 15.2. The molecule has 145 heavy (non-hydrogen) atoms. The average Bonchev–Trinajstić information content (AvgIpc) is 1.51. The van der Waals surface area contributed by atoms with Gasteiger partial charge in [-0.1, -0.05) is 172 Å². The standard InChI is InChI=1S/C32H32N6O2.C30H25N5O2.C28H27N5O.C27H27N5O2/c1-6-31(39)36-25-11-7-9-23(15-25)16-30-33-19-27(20-34-30)37-32(40)29-18-26(14-13-21(29)2)35-22(3)24-10-8-12-28(17-24)38(4)5;1-19-9-12-25(34-29(36)23-11-10-21-6-2-3-7-22(21)15-23)16-27(19)30(37)35-26-17-32-28(33-18-26)14-20-5-4-8-24(31)13-20;1-18-6-4-8-22(12-18)20(3)32-24-11-10-19(2)26(15-24)28(34)33-25-16-30-27(31-17-25)14-21-7-5-9-23(29)13-21;1-4-26(33)31-21-7-5-6-19(12-21)13-25-28-15-23(16-29-25)32-27(34)24-14-22(11-8-17(24)2)30-18(3)20-9-10-20/h6-15,17-20,35H,1,3,16H2,2,4-5H3,(H,36,39)(H,37,40);2-13,15-18H,14,31H2,1H3,(H,34,36)(H,35,37);4-13,15-17,32H,3,14,29H2,1-2H3,(H,33,34);4-8,11-12,14-16,20,30H,1,3,9-10,13H2,2H3,(H,31,33)(H,32,34). The van der Waals surface area contributed by atoms with E-state index in [2.05, 4.69) is 138 Å². The van der Waals surface area contributed by atoms with E-state index in [1.165, 1.54) is 25.0 Å². The molecule has 28 heteroatoms. The van der Waals surface area contributed by atoms with Gasteiger partial charge in [-0.05, 0) is 259 Å². The van der Waals surface area contributed by atoms with E-state index in [1.54, 1.807) is 92.0 Å². The molecule has 28 nitrogen and oxygen atoms in total. The fraction of sp³-hybridized carbons (Fsp3) is 0.120. The van der Waals surface area contributed by atoms with Crippen molar-refractivity contribution in [3.05, 3.63) is 473 Å². The second kappa shape index (κ2) is 48.5. The lowest BCUT2D eigenvalue weighted by molar-refractivity contribution is -0.112. The first kappa shape index (κ1) is 102. The number of allylic oxidation sites excluding steroid dienone is 1. The molecule has 17 rings (SSSR count). The number of carbonyl (C=O) groups excluding carboxylic acids is 7. The minimum Gasteiger partial charge on any atom is -0.399 e. The van der Waals surface area contributed by atoms with Gasteiger partial charge >= 0.3 is 0 Å². The molecule has 0 atom stereocenters. The van der Waals surface area contributed by atoms with Crippen LogP contribution in [0.4, 0.5) is 73.9 Å². The number of benzene rings is 12. The lowest BCUT2D eigenvalue weighted by Crippen LogP contribution is -2.16. The third-order valence-corrected chi connectivity index (χ3v) is 23.2. The summed E-state index contributed by atoms with van der Waals surface area (Å²) in [6, 6.07) is 81.9. The number of hydrogen-bond donors (Lipinski definition) is 12. The van der Waals surface area contributed by atoms with E-state index >= 15 is 0 Å². The third-order valence-electron chi connectivity index (χ3n) is 23.2. The van der Waals surface area contributed by atoms with Crippen molar-refractivity contribution in [3.8, 4) is 0 Å². The van der Waals surface area contributed by atoms with Crippen LogP contribution in [-0.2, 0) is 35.3 Å². The monoisotopic (exact) mass is 1920 g/mol. The van der Waals surface area contributed by atoms with Crippen LogP contribution in [0, 0.1) is 40.5 Å². The van der Waals surface area contributed by atoms with Crippen molar-refractivity contribution in [1.29, 1.82) is 0 Å². The summed E-state index contributed by atoms with van der Waals surface area (Å²) in [4.78, 5) is 125. The largest absolute Gasteiger partial charge is 0.399 e. The van der Waals surface area contributed by atoms with Gasteiger partial charge < -0.3 is 69.5 Å². The molecule has 4 aromatic heterocycles. The summed E-state index contributed by atoms with van der Waals surface area (Å²) in [7, 11) is 3.98. The Hall–Kier alpha value is -19.0. The minimum atomic E-state index is -0.313. The predicted octanol–water partition coefficient (Wildman–Crippen LogP) is 22.2. The molecule has 4 heterocycles. The molecule has 14 N–H and O–H groups in total. The molecule has 16 aromatic rings. The number of nitrogens with zero attached hydrogens (tertiary/aromatic N) is 9. The molecule has 1 fully saturated rings. The number of rotatable bonds is 32. The van der Waals surface area contributed by atoms with Gasteiger partial charge in [-0.2, -0.15) is 0 Å². The van der Waals surface area contributed by atoms with Crippen LogP contribution in [-0.4, -0.2) is 95.3 Å². The van der Waals surface area contributed by atoms with Gasteiger partial charge in [0.2, 0.25) is 11.8 Å². The highest BCUT2D eigenvalue weighted by atomic mass is 16.2. The Balaban J connectivity index is 0.000000153. The van der Waals surface area contributed by atoms with Crippen molar-refractivity contribution in [2.24, 2.45) is 5.92 Å². The van der Waals surface area contributed by atoms with Crippen LogP contribution >= 0.6 is 0 Å². The normalized spacial score (nSPS) is 11.0. The quantitative estimate of drug-likeness (QED) is 0.0138. The van der Waals surface area contributed by atoms with E-state index in [9.17, 15) is 33.6 Å². The summed E-state index contributed by atoms with van der Waals surface area (Å²) in [5, 5.41) is 31.8. The second-order valence-electron chi connectivity index (χ2n) is 34.9. The molecule has 1 aliphatic rings. The molecule has 0 unspecified atom stereocenters. The highest BCUT2D eigenvalue weighted by molar-refractivity contribution is 6.11. The number of amides is 7. The number of nitrogen functional groups attached to an aromatic ring is 2. The summed E-state index contributed by atoms with van der Waals surface area (Å²) in [6.07, 6.45) is 19.6. The fourth-order valence-corrected chi connectivity index (χ4v) is 15.2. The number of fused-ring (bicyclic) bond motifs is 1. The molecule has 1 saturated carbocycles. The van der Waals surface area contributed by atoms with Crippen molar-refractivity contribution in [1.82, 2.24) is 39.9 Å². The smallest absolute Gasteiger partial charge is 0.256 e.